The van der Waals surface area contributed by atoms with Gasteiger partial charge in [-0.15, -0.1) is 0 Å². The first kappa shape index (κ1) is 16.3. The summed E-state index contributed by atoms with van der Waals surface area (Å²) in [7, 11) is -4.03. The predicted octanol–water partition coefficient (Wildman–Crippen LogP) is 0.0414. The van der Waals surface area contributed by atoms with Crippen molar-refractivity contribution in [3.8, 4) is 0 Å². The van der Waals surface area contributed by atoms with Crippen molar-refractivity contribution in [1.29, 1.82) is 0 Å². The number of hydrogen-bond acceptors (Lipinski definition) is 7. The highest BCUT2D eigenvalue weighted by atomic mass is 32.2. The zero-order valence-corrected chi connectivity index (χ0v) is 12.4. The van der Waals surface area contributed by atoms with E-state index >= 15 is 0 Å². The van der Waals surface area contributed by atoms with E-state index in [4.69, 9.17) is 5.73 Å². The summed E-state index contributed by atoms with van der Waals surface area (Å²) < 4.78 is 25.8. The van der Waals surface area contributed by atoms with Gasteiger partial charge in [0.15, 0.2) is 5.00 Å². The fourth-order valence-electron chi connectivity index (χ4n) is 1.32. The Kier molecular flexibility index (Phi) is 5.03. The van der Waals surface area contributed by atoms with Crippen LogP contribution < -0.4 is 15.8 Å². The third-order valence-corrected chi connectivity index (χ3v) is 5.22. The highest BCUT2D eigenvalue weighted by molar-refractivity contribution is 7.91. The Morgan fingerprint density at radius 2 is 2.20 bits per heavy atom. The zero-order valence-electron chi connectivity index (χ0n) is 10.7. The average molecular weight is 322 g/mol. The molecule has 4 N–H and O–H groups in total. The van der Waals surface area contributed by atoms with Gasteiger partial charge in [-0.2, -0.15) is 4.72 Å². The second-order valence-electron chi connectivity index (χ2n) is 3.81. The summed E-state index contributed by atoms with van der Waals surface area (Å²) in [4.78, 5) is 21.3. The molecule has 1 heterocycles. The van der Waals surface area contributed by atoms with Crippen LogP contribution in [0.15, 0.2) is 10.3 Å². The van der Waals surface area contributed by atoms with Crippen LogP contribution in [0.3, 0.4) is 0 Å². The maximum Gasteiger partial charge on any atom is 0.304 e. The van der Waals surface area contributed by atoms with E-state index in [-0.39, 0.29) is 9.21 Å². The van der Waals surface area contributed by atoms with Crippen LogP contribution in [0.25, 0.3) is 0 Å². The number of sulfonamides is 1. The van der Waals surface area contributed by atoms with Gasteiger partial charge < -0.3 is 11.1 Å². The third-order valence-electron chi connectivity index (χ3n) is 2.26. The van der Waals surface area contributed by atoms with Crippen molar-refractivity contribution >= 4 is 38.0 Å². The minimum absolute atomic E-state index is 0.207. The molecule has 1 atom stereocenters. The van der Waals surface area contributed by atoms with Crippen LogP contribution in [0.1, 0.15) is 13.8 Å². The quantitative estimate of drug-likeness (QED) is 0.498. The van der Waals surface area contributed by atoms with E-state index in [1.54, 1.807) is 6.92 Å². The van der Waals surface area contributed by atoms with Gasteiger partial charge >= 0.3 is 5.69 Å². The zero-order chi connectivity index (χ0) is 15.5. The first-order valence-corrected chi connectivity index (χ1v) is 7.82. The predicted molar refractivity (Wildman–Crippen MR) is 73.9 cm³/mol. The summed E-state index contributed by atoms with van der Waals surface area (Å²) in [5, 5.41) is 12.9. The Morgan fingerprint density at radius 1 is 1.60 bits per heavy atom. The second kappa shape index (κ2) is 6.15. The van der Waals surface area contributed by atoms with Gasteiger partial charge in [0.05, 0.1) is 11.0 Å². The molecule has 1 amide bonds. The lowest BCUT2D eigenvalue weighted by Crippen LogP contribution is -2.44. The van der Waals surface area contributed by atoms with E-state index in [1.165, 1.54) is 6.92 Å². The molecule has 9 nitrogen and oxygen atoms in total. The molecule has 0 aliphatic carbocycles. The number of thiophene rings is 1. The Morgan fingerprint density at radius 3 is 2.65 bits per heavy atom. The van der Waals surface area contributed by atoms with Crippen LogP contribution in [0.2, 0.25) is 0 Å². The molecule has 11 heteroatoms. The number of nitrogen functional groups attached to an aromatic ring is 1. The van der Waals surface area contributed by atoms with Gasteiger partial charge in [-0.25, -0.2) is 8.42 Å². The maximum atomic E-state index is 12.0. The van der Waals surface area contributed by atoms with Gasteiger partial charge in [0.25, 0.3) is 10.0 Å². The summed E-state index contributed by atoms with van der Waals surface area (Å²) >= 11 is 0.571. The molecule has 0 saturated carbocycles. The van der Waals surface area contributed by atoms with Crippen LogP contribution >= 0.6 is 11.3 Å². The van der Waals surface area contributed by atoms with Crippen molar-refractivity contribution in [1.82, 2.24) is 10.0 Å². The average Bonchev–Trinajstić information content (AvgIpc) is 2.72. The van der Waals surface area contributed by atoms with Crippen molar-refractivity contribution in [2.24, 2.45) is 0 Å². The van der Waals surface area contributed by atoms with Gasteiger partial charge in [0, 0.05) is 12.6 Å². The van der Waals surface area contributed by atoms with Crippen LogP contribution in [0.4, 0.5) is 10.7 Å². The number of rotatable bonds is 6. The summed E-state index contributed by atoms with van der Waals surface area (Å²) in [6, 6.07) is -0.130. The number of nitrogens with zero attached hydrogens (tertiary/aromatic N) is 1. The lowest BCUT2D eigenvalue weighted by Gasteiger charge is -2.12. The largest absolute Gasteiger partial charge is 0.385 e. The normalized spacial score (nSPS) is 12.9. The number of anilines is 1. The van der Waals surface area contributed by atoms with E-state index < -0.39 is 32.6 Å². The van der Waals surface area contributed by atoms with E-state index in [0.717, 1.165) is 6.07 Å². The van der Waals surface area contributed by atoms with Crippen LogP contribution in [0, 0.1) is 10.1 Å². The molecule has 0 bridgehead atoms. The number of likely N-dealkylation sites (N-methyl/N-ethyl adjacent to an activating group) is 1. The number of carbonyl (C=O) groups excluding carboxylic acids is 1. The van der Waals surface area contributed by atoms with Crippen molar-refractivity contribution < 1.29 is 18.1 Å². The van der Waals surface area contributed by atoms with E-state index in [2.05, 4.69) is 10.0 Å². The molecular formula is C9H14N4O5S2. The maximum absolute atomic E-state index is 12.0. The number of nitrogens with one attached hydrogen (secondary N) is 2. The SMILES string of the molecule is CCNC(=O)C(C)NS(=O)(=O)c1cc([N+](=O)[O-])c(N)s1. The third kappa shape index (κ3) is 3.65. The number of carbonyl (C=O) groups is 1. The topological polar surface area (TPSA) is 144 Å². The van der Waals surface area contributed by atoms with Crippen molar-refractivity contribution in [3.05, 3.63) is 16.2 Å². The minimum Gasteiger partial charge on any atom is -0.385 e. The summed E-state index contributed by atoms with van der Waals surface area (Å²) in [6.45, 7) is 3.43. The summed E-state index contributed by atoms with van der Waals surface area (Å²) in [6.07, 6.45) is 0. The lowest BCUT2D eigenvalue weighted by molar-refractivity contribution is -0.383. The molecule has 0 radical (unpaired) electrons. The van der Waals surface area contributed by atoms with E-state index in [9.17, 15) is 23.3 Å². The summed E-state index contributed by atoms with van der Waals surface area (Å²) in [5.41, 5.74) is 4.91. The smallest absolute Gasteiger partial charge is 0.304 e. The molecule has 1 aromatic rings. The van der Waals surface area contributed by atoms with Crippen LogP contribution in [-0.4, -0.2) is 31.8 Å². The molecule has 1 aromatic heterocycles. The van der Waals surface area contributed by atoms with Gasteiger partial charge in [-0.05, 0) is 13.8 Å². The Labute approximate surface area is 119 Å². The van der Waals surface area contributed by atoms with Gasteiger partial charge in [0.2, 0.25) is 5.91 Å². The molecule has 1 unspecified atom stereocenters. The molecular weight excluding hydrogens is 308 g/mol. The van der Waals surface area contributed by atoms with Gasteiger partial charge in [-0.1, -0.05) is 11.3 Å². The second-order valence-corrected chi connectivity index (χ2v) is 6.83. The monoisotopic (exact) mass is 322 g/mol. The highest BCUT2D eigenvalue weighted by Gasteiger charge is 2.27. The molecule has 0 saturated heterocycles. The number of hydrogen-bond donors (Lipinski definition) is 3. The van der Waals surface area contributed by atoms with Crippen LogP contribution in [0.5, 0.6) is 0 Å². The molecule has 112 valence electrons. The van der Waals surface area contributed by atoms with Crippen LogP contribution in [-0.2, 0) is 14.8 Å². The minimum atomic E-state index is -4.03. The van der Waals surface area contributed by atoms with Crippen molar-refractivity contribution in [2.75, 3.05) is 12.3 Å². The van der Waals surface area contributed by atoms with Crippen molar-refractivity contribution in [3.63, 3.8) is 0 Å². The van der Waals surface area contributed by atoms with Gasteiger partial charge in [-0.3, -0.25) is 14.9 Å². The lowest BCUT2D eigenvalue weighted by atomic mass is 10.3. The van der Waals surface area contributed by atoms with E-state index in [1.807, 2.05) is 0 Å². The number of nitrogens with two attached hydrogens (primary N) is 1. The molecule has 0 aromatic carbocycles. The molecule has 0 fully saturated rings. The van der Waals surface area contributed by atoms with Gasteiger partial charge in [0.1, 0.15) is 4.21 Å². The molecule has 0 spiro atoms. The molecule has 0 aliphatic heterocycles. The Hall–Kier alpha value is -1.72. The first-order valence-electron chi connectivity index (χ1n) is 5.52. The summed E-state index contributed by atoms with van der Waals surface area (Å²) in [5.74, 6) is -0.491. The van der Waals surface area contributed by atoms with E-state index in [0.29, 0.717) is 17.9 Å². The van der Waals surface area contributed by atoms with Crippen molar-refractivity contribution in [2.45, 2.75) is 24.1 Å². The first-order chi connectivity index (χ1) is 9.19. The number of nitro groups is 1. The molecule has 0 aliphatic rings. The highest BCUT2D eigenvalue weighted by Crippen LogP contribution is 2.34. The standard InChI is InChI=1S/C9H14N4O5S2/c1-3-11-9(14)5(2)12-20(17,18)7-4-6(13(15)16)8(10)19-7/h4-5,12H,3,10H2,1-2H3,(H,11,14). The number of amides is 1. The molecule has 20 heavy (non-hydrogen) atoms. The molecule has 1 rings (SSSR count). The Balaban J connectivity index is 2.97. The fraction of sp³-hybridized carbons (Fsp3) is 0.444. The Bertz CT molecular complexity index is 624. The fourth-order valence-corrected chi connectivity index (χ4v) is 3.75.